The highest BCUT2D eigenvalue weighted by molar-refractivity contribution is 5.82. The molecule has 2 aromatic rings. The van der Waals surface area contributed by atoms with Gasteiger partial charge >= 0.3 is 0 Å². The van der Waals surface area contributed by atoms with Crippen LogP contribution in [0.3, 0.4) is 0 Å². The Bertz CT molecular complexity index is 687. The maximum absolute atomic E-state index is 12.2. The van der Waals surface area contributed by atoms with Crippen LogP contribution < -0.4 is 10.1 Å². The largest absolute Gasteiger partial charge is 0.495 e. The molecule has 1 N–H and O–H groups in total. The highest BCUT2D eigenvalue weighted by atomic mass is 16.5. The molecule has 0 aromatic carbocycles. The van der Waals surface area contributed by atoms with Gasteiger partial charge in [-0.25, -0.2) is 4.98 Å². The van der Waals surface area contributed by atoms with E-state index in [2.05, 4.69) is 16.5 Å². The van der Waals surface area contributed by atoms with Crippen LogP contribution in [0.15, 0.2) is 18.5 Å². The standard InChI is InChI=1S/C18H25N3O2/c1-21-12-14(16-10-15(23-2)11-20-17(16)21)8-9-19-18(22)13-6-4-3-5-7-13/h10-13H,3-9H2,1-2H3,(H,19,22). The van der Waals surface area contributed by atoms with Crippen molar-refractivity contribution in [3.8, 4) is 5.75 Å². The highest BCUT2D eigenvalue weighted by Crippen LogP contribution is 2.25. The molecular weight excluding hydrogens is 290 g/mol. The maximum Gasteiger partial charge on any atom is 0.223 e. The van der Waals surface area contributed by atoms with Crippen molar-refractivity contribution in [1.29, 1.82) is 0 Å². The van der Waals surface area contributed by atoms with Crippen LogP contribution in [0.5, 0.6) is 5.75 Å². The molecule has 5 heteroatoms. The van der Waals surface area contributed by atoms with Gasteiger partial charge < -0.3 is 14.6 Å². The minimum Gasteiger partial charge on any atom is -0.495 e. The van der Waals surface area contributed by atoms with E-state index in [4.69, 9.17) is 4.74 Å². The van der Waals surface area contributed by atoms with Gasteiger partial charge in [-0.1, -0.05) is 19.3 Å². The fourth-order valence-electron chi connectivity index (χ4n) is 3.46. The van der Waals surface area contributed by atoms with Gasteiger partial charge in [0.2, 0.25) is 5.91 Å². The molecule has 1 saturated carbocycles. The number of nitrogens with one attached hydrogen (secondary N) is 1. The molecule has 0 atom stereocenters. The second-order valence-corrected chi connectivity index (χ2v) is 6.39. The van der Waals surface area contributed by atoms with Crippen molar-refractivity contribution in [2.45, 2.75) is 38.5 Å². The number of carbonyl (C=O) groups is 1. The first kappa shape index (κ1) is 15.8. The van der Waals surface area contributed by atoms with E-state index in [1.807, 2.05) is 17.7 Å². The molecular formula is C18H25N3O2. The highest BCUT2D eigenvalue weighted by Gasteiger charge is 2.20. The summed E-state index contributed by atoms with van der Waals surface area (Å²) in [6, 6.07) is 2.01. The lowest BCUT2D eigenvalue weighted by Gasteiger charge is -2.20. The third kappa shape index (κ3) is 3.49. The molecule has 0 radical (unpaired) electrons. The smallest absolute Gasteiger partial charge is 0.223 e. The van der Waals surface area contributed by atoms with Gasteiger partial charge in [0.25, 0.3) is 0 Å². The van der Waals surface area contributed by atoms with Gasteiger partial charge in [-0.2, -0.15) is 0 Å². The Morgan fingerprint density at radius 2 is 2.17 bits per heavy atom. The number of methoxy groups -OCH3 is 1. The van der Waals surface area contributed by atoms with Gasteiger partial charge in [-0.05, 0) is 30.9 Å². The molecule has 0 saturated heterocycles. The molecule has 1 amide bonds. The van der Waals surface area contributed by atoms with Gasteiger partial charge in [0, 0.05) is 31.1 Å². The Hall–Kier alpha value is -2.04. The molecule has 1 aliphatic rings. The second kappa shape index (κ2) is 7.02. The molecule has 23 heavy (non-hydrogen) atoms. The molecule has 124 valence electrons. The zero-order valence-corrected chi connectivity index (χ0v) is 14.0. The summed E-state index contributed by atoms with van der Waals surface area (Å²) < 4.78 is 7.29. The van der Waals surface area contributed by atoms with Crippen molar-refractivity contribution < 1.29 is 9.53 Å². The average molecular weight is 315 g/mol. The zero-order valence-electron chi connectivity index (χ0n) is 14.0. The van der Waals surface area contributed by atoms with E-state index in [1.54, 1.807) is 13.3 Å². The summed E-state index contributed by atoms with van der Waals surface area (Å²) in [4.78, 5) is 16.6. The van der Waals surface area contributed by atoms with Gasteiger partial charge in [0.15, 0.2) is 0 Å². The van der Waals surface area contributed by atoms with E-state index in [0.717, 1.165) is 36.0 Å². The van der Waals surface area contributed by atoms with Gasteiger partial charge in [-0.15, -0.1) is 0 Å². The van der Waals surface area contributed by atoms with Crippen LogP contribution in [0.25, 0.3) is 11.0 Å². The summed E-state index contributed by atoms with van der Waals surface area (Å²) in [6.45, 7) is 0.672. The Morgan fingerprint density at radius 1 is 1.39 bits per heavy atom. The summed E-state index contributed by atoms with van der Waals surface area (Å²) in [7, 11) is 3.64. The molecule has 3 rings (SSSR count). The van der Waals surface area contributed by atoms with Crippen LogP contribution in [-0.4, -0.2) is 29.1 Å². The molecule has 1 aliphatic carbocycles. The van der Waals surface area contributed by atoms with Gasteiger partial charge in [-0.3, -0.25) is 4.79 Å². The number of fused-ring (bicyclic) bond motifs is 1. The third-order valence-electron chi connectivity index (χ3n) is 4.78. The normalized spacial score (nSPS) is 15.7. The Morgan fingerprint density at radius 3 is 2.91 bits per heavy atom. The lowest BCUT2D eigenvalue weighted by molar-refractivity contribution is -0.125. The average Bonchev–Trinajstić information content (AvgIpc) is 2.91. The lowest BCUT2D eigenvalue weighted by Crippen LogP contribution is -2.33. The van der Waals surface area contributed by atoms with Crippen LogP contribution in [0.4, 0.5) is 0 Å². The Labute approximate surface area is 137 Å². The SMILES string of the molecule is COc1cnc2c(c1)c(CCNC(=O)C1CCCCC1)cn2C. The van der Waals surface area contributed by atoms with Crippen LogP contribution in [-0.2, 0) is 18.3 Å². The number of hydrogen-bond acceptors (Lipinski definition) is 3. The lowest BCUT2D eigenvalue weighted by atomic mass is 9.88. The number of hydrogen-bond donors (Lipinski definition) is 1. The quantitative estimate of drug-likeness (QED) is 0.923. The van der Waals surface area contributed by atoms with E-state index in [1.165, 1.54) is 24.8 Å². The van der Waals surface area contributed by atoms with Crippen LogP contribution in [0, 0.1) is 5.92 Å². The molecule has 5 nitrogen and oxygen atoms in total. The second-order valence-electron chi connectivity index (χ2n) is 6.39. The van der Waals surface area contributed by atoms with Crippen molar-refractivity contribution in [2.24, 2.45) is 13.0 Å². The molecule has 1 fully saturated rings. The first-order valence-corrected chi connectivity index (χ1v) is 8.44. The van der Waals surface area contributed by atoms with Crippen molar-refractivity contribution in [1.82, 2.24) is 14.9 Å². The first-order chi connectivity index (χ1) is 11.2. The van der Waals surface area contributed by atoms with E-state index >= 15 is 0 Å². The van der Waals surface area contributed by atoms with Crippen molar-refractivity contribution in [3.05, 3.63) is 24.0 Å². The van der Waals surface area contributed by atoms with E-state index in [9.17, 15) is 4.79 Å². The number of nitrogens with zero attached hydrogens (tertiary/aromatic N) is 2. The van der Waals surface area contributed by atoms with E-state index in [-0.39, 0.29) is 11.8 Å². The minimum atomic E-state index is 0.220. The molecule has 0 unspecified atom stereocenters. The van der Waals surface area contributed by atoms with Crippen molar-refractivity contribution >= 4 is 16.9 Å². The summed E-state index contributed by atoms with van der Waals surface area (Å²) in [5.41, 5.74) is 2.14. The Balaban J connectivity index is 1.63. The summed E-state index contributed by atoms with van der Waals surface area (Å²) in [5, 5.41) is 4.20. The number of amides is 1. The van der Waals surface area contributed by atoms with Crippen LogP contribution in [0.2, 0.25) is 0 Å². The molecule has 0 spiro atoms. The van der Waals surface area contributed by atoms with Gasteiger partial charge in [0.05, 0.1) is 13.3 Å². The van der Waals surface area contributed by atoms with Gasteiger partial charge in [0.1, 0.15) is 11.4 Å². The third-order valence-corrected chi connectivity index (χ3v) is 4.78. The number of carbonyl (C=O) groups excluding carboxylic acids is 1. The molecule has 0 aliphatic heterocycles. The maximum atomic E-state index is 12.2. The summed E-state index contributed by atoms with van der Waals surface area (Å²) in [6.07, 6.45) is 10.4. The fourth-order valence-corrected chi connectivity index (χ4v) is 3.46. The summed E-state index contributed by atoms with van der Waals surface area (Å²) in [5.74, 6) is 1.20. The number of pyridine rings is 1. The summed E-state index contributed by atoms with van der Waals surface area (Å²) >= 11 is 0. The predicted molar refractivity (Wildman–Crippen MR) is 90.6 cm³/mol. The molecule has 2 heterocycles. The number of aryl methyl sites for hydroxylation is 1. The van der Waals surface area contributed by atoms with E-state index < -0.39 is 0 Å². The van der Waals surface area contributed by atoms with E-state index in [0.29, 0.717) is 6.54 Å². The van der Waals surface area contributed by atoms with Crippen molar-refractivity contribution in [3.63, 3.8) is 0 Å². The molecule has 0 bridgehead atoms. The minimum absolute atomic E-state index is 0.220. The fraction of sp³-hybridized carbons (Fsp3) is 0.556. The zero-order chi connectivity index (χ0) is 16.2. The predicted octanol–water partition coefficient (Wildman–Crippen LogP) is 2.82. The molecule has 2 aromatic heterocycles. The Kier molecular flexibility index (Phi) is 4.84. The first-order valence-electron chi connectivity index (χ1n) is 8.44. The van der Waals surface area contributed by atoms with Crippen LogP contribution in [0.1, 0.15) is 37.7 Å². The number of rotatable bonds is 5. The number of aromatic nitrogens is 2. The number of ether oxygens (including phenoxy) is 1. The monoisotopic (exact) mass is 315 g/mol. The topological polar surface area (TPSA) is 56.1 Å². The van der Waals surface area contributed by atoms with Crippen LogP contribution >= 0.6 is 0 Å². The van der Waals surface area contributed by atoms with Crippen molar-refractivity contribution in [2.75, 3.05) is 13.7 Å².